The van der Waals surface area contributed by atoms with Crippen LogP contribution in [0, 0.1) is 0 Å². The fourth-order valence-electron chi connectivity index (χ4n) is 1.68. The summed E-state index contributed by atoms with van der Waals surface area (Å²) in [5, 5.41) is 0. The summed E-state index contributed by atoms with van der Waals surface area (Å²) in [4.78, 5) is 24.5. The highest BCUT2D eigenvalue weighted by molar-refractivity contribution is 9.13. The maximum atomic E-state index is 12.1. The summed E-state index contributed by atoms with van der Waals surface area (Å²) in [5.41, 5.74) is 5.05. The van der Waals surface area contributed by atoms with Gasteiger partial charge in [-0.2, -0.15) is 0 Å². The normalized spacial score (nSPS) is 10.1. The summed E-state index contributed by atoms with van der Waals surface area (Å²) < 4.78 is 11.8. The average molecular weight is 464 g/mol. The highest BCUT2D eigenvalue weighted by atomic mass is 79.9. The van der Waals surface area contributed by atoms with Crippen molar-refractivity contribution in [2.75, 3.05) is 14.2 Å². The molecule has 6 nitrogen and oxygen atoms in total. The number of nitrogens with one attached hydrogen (secondary N) is 2. The summed E-state index contributed by atoms with van der Waals surface area (Å²) >= 11 is 7.86. The molecule has 0 fully saturated rings. The van der Waals surface area contributed by atoms with E-state index in [0.29, 0.717) is 21.9 Å². The van der Waals surface area contributed by atoms with Gasteiger partial charge in [-0.1, -0.05) is 0 Å². The molecule has 1 aromatic carbocycles. The standard InChI is InChI=1S/C14H12Br2N2O4S/c1-21-9-4-3-7(5-10(9)22-2)13(19)17-18-14(20)11-6-8(15)12(16)23-11/h3-6H,1-2H3,(H,17,19)(H,18,20). The smallest absolute Gasteiger partial charge is 0.279 e. The molecule has 0 saturated heterocycles. The van der Waals surface area contributed by atoms with Crippen molar-refractivity contribution in [2.24, 2.45) is 0 Å². The van der Waals surface area contributed by atoms with Crippen LogP contribution in [0.15, 0.2) is 32.5 Å². The third-order valence-electron chi connectivity index (χ3n) is 2.80. The molecule has 0 aliphatic rings. The minimum Gasteiger partial charge on any atom is -0.493 e. The van der Waals surface area contributed by atoms with E-state index in [9.17, 15) is 9.59 Å². The van der Waals surface area contributed by atoms with E-state index in [1.807, 2.05) is 0 Å². The van der Waals surface area contributed by atoms with Crippen LogP contribution >= 0.6 is 43.2 Å². The van der Waals surface area contributed by atoms with Crippen LogP contribution in [0.5, 0.6) is 11.5 Å². The first-order valence-corrected chi connectivity index (χ1v) is 8.64. The second-order valence-corrected chi connectivity index (χ2v) is 7.43. The number of thiophene rings is 1. The van der Waals surface area contributed by atoms with Crippen molar-refractivity contribution < 1.29 is 19.1 Å². The van der Waals surface area contributed by atoms with Crippen LogP contribution in [0.1, 0.15) is 20.0 Å². The zero-order chi connectivity index (χ0) is 17.0. The molecule has 0 spiro atoms. The van der Waals surface area contributed by atoms with Crippen molar-refractivity contribution in [3.63, 3.8) is 0 Å². The zero-order valence-corrected chi connectivity index (χ0v) is 16.1. The number of carbonyl (C=O) groups is 2. The lowest BCUT2D eigenvalue weighted by atomic mass is 10.2. The first kappa shape index (κ1) is 17.8. The van der Waals surface area contributed by atoms with Crippen LogP contribution < -0.4 is 20.3 Å². The quantitative estimate of drug-likeness (QED) is 0.681. The van der Waals surface area contributed by atoms with E-state index in [-0.39, 0.29) is 0 Å². The van der Waals surface area contributed by atoms with Gasteiger partial charge >= 0.3 is 0 Å². The number of ether oxygens (including phenoxy) is 2. The third kappa shape index (κ3) is 4.24. The molecule has 0 radical (unpaired) electrons. The zero-order valence-electron chi connectivity index (χ0n) is 12.1. The fraction of sp³-hybridized carbons (Fsp3) is 0.143. The molecule has 2 N–H and O–H groups in total. The number of hydrogen-bond donors (Lipinski definition) is 2. The Labute approximate surface area is 153 Å². The minimum absolute atomic E-state index is 0.330. The molecule has 0 atom stereocenters. The Hall–Kier alpha value is -1.58. The molecule has 122 valence electrons. The number of amides is 2. The Morgan fingerprint density at radius 2 is 1.65 bits per heavy atom. The predicted octanol–water partition coefficient (Wildman–Crippen LogP) is 3.37. The Morgan fingerprint density at radius 3 is 2.22 bits per heavy atom. The van der Waals surface area contributed by atoms with Gasteiger partial charge in [0.1, 0.15) is 0 Å². The molecule has 0 aliphatic heterocycles. The van der Waals surface area contributed by atoms with Crippen LogP contribution in [0.2, 0.25) is 0 Å². The fourth-order valence-corrected chi connectivity index (χ4v) is 3.61. The van der Waals surface area contributed by atoms with Crippen LogP contribution in [-0.4, -0.2) is 26.0 Å². The molecular formula is C14H12Br2N2O4S. The number of methoxy groups -OCH3 is 2. The lowest BCUT2D eigenvalue weighted by Gasteiger charge is -2.10. The van der Waals surface area contributed by atoms with Crippen molar-refractivity contribution in [1.82, 2.24) is 10.9 Å². The molecule has 2 amide bonds. The number of halogens is 2. The maximum absolute atomic E-state index is 12.1. The molecular weight excluding hydrogens is 452 g/mol. The van der Waals surface area contributed by atoms with Crippen molar-refractivity contribution in [1.29, 1.82) is 0 Å². The van der Waals surface area contributed by atoms with Crippen LogP contribution in [0.3, 0.4) is 0 Å². The number of rotatable bonds is 4. The molecule has 1 aromatic heterocycles. The number of hydrazine groups is 1. The average Bonchev–Trinajstić information content (AvgIpc) is 2.90. The molecule has 23 heavy (non-hydrogen) atoms. The second-order valence-electron chi connectivity index (χ2n) is 4.21. The maximum Gasteiger partial charge on any atom is 0.279 e. The first-order chi connectivity index (χ1) is 11.0. The van der Waals surface area contributed by atoms with Crippen LogP contribution in [0.4, 0.5) is 0 Å². The van der Waals surface area contributed by atoms with Crippen LogP contribution in [0.25, 0.3) is 0 Å². The highest BCUT2D eigenvalue weighted by Gasteiger charge is 2.14. The van der Waals surface area contributed by atoms with Gasteiger partial charge in [0.25, 0.3) is 11.8 Å². The Balaban J connectivity index is 2.03. The molecule has 0 unspecified atom stereocenters. The largest absolute Gasteiger partial charge is 0.493 e. The molecule has 1 heterocycles. The van der Waals surface area contributed by atoms with E-state index in [0.717, 1.165) is 8.26 Å². The van der Waals surface area contributed by atoms with E-state index in [1.165, 1.54) is 31.6 Å². The lowest BCUT2D eigenvalue weighted by Crippen LogP contribution is -2.41. The lowest BCUT2D eigenvalue weighted by molar-refractivity contribution is 0.0848. The SMILES string of the molecule is COc1ccc(C(=O)NNC(=O)c2cc(Br)c(Br)s2)cc1OC. The van der Waals surface area contributed by atoms with Gasteiger partial charge in [-0.25, -0.2) is 0 Å². The van der Waals surface area contributed by atoms with E-state index in [1.54, 1.807) is 18.2 Å². The van der Waals surface area contributed by atoms with E-state index >= 15 is 0 Å². The topological polar surface area (TPSA) is 76.7 Å². The molecule has 0 saturated carbocycles. The van der Waals surface area contributed by atoms with Gasteiger partial charge in [-0.05, 0) is 56.1 Å². The molecule has 0 bridgehead atoms. The number of benzene rings is 1. The third-order valence-corrected chi connectivity index (χ3v) is 6.06. The Bertz CT molecular complexity index is 729. The van der Waals surface area contributed by atoms with Crippen molar-refractivity contribution >= 4 is 55.0 Å². The van der Waals surface area contributed by atoms with Crippen molar-refractivity contribution in [2.45, 2.75) is 0 Å². The van der Waals surface area contributed by atoms with E-state index < -0.39 is 11.8 Å². The van der Waals surface area contributed by atoms with Gasteiger partial charge in [-0.15, -0.1) is 11.3 Å². The second kappa shape index (κ2) is 7.80. The van der Waals surface area contributed by atoms with Crippen molar-refractivity contribution in [3.05, 3.63) is 43.0 Å². The Morgan fingerprint density at radius 1 is 1.00 bits per heavy atom. The monoisotopic (exact) mass is 462 g/mol. The molecule has 2 aromatic rings. The van der Waals surface area contributed by atoms with Gasteiger partial charge < -0.3 is 9.47 Å². The van der Waals surface area contributed by atoms with E-state index in [2.05, 4.69) is 42.7 Å². The Kier molecular flexibility index (Phi) is 6.03. The van der Waals surface area contributed by atoms with Gasteiger partial charge in [0, 0.05) is 10.0 Å². The number of hydrogen-bond acceptors (Lipinski definition) is 5. The van der Waals surface area contributed by atoms with Gasteiger partial charge in [-0.3, -0.25) is 20.4 Å². The van der Waals surface area contributed by atoms with Gasteiger partial charge in [0.15, 0.2) is 11.5 Å². The van der Waals surface area contributed by atoms with Crippen LogP contribution in [-0.2, 0) is 0 Å². The summed E-state index contributed by atoms with van der Waals surface area (Å²) in [5.74, 6) is 0.0724. The molecule has 0 aliphatic carbocycles. The first-order valence-electron chi connectivity index (χ1n) is 6.23. The van der Waals surface area contributed by atoms with E-state index in [4.69, 9.17) is 9.47 Å². The minimum atomic E-state index is -0.464. The van der Waals surface area contributed by atoms with Gasteiger partial charge in [0.2, 0.25) is 0 Å². The highest BCUT2D eigenvalue weighted by Crippen LogP contribution is 2.32. The molecule has 2 rings (SSSR count). The predicted molar refractivity (Wildman–Crippen MR) is 94.2 cm³/mol. The summed E-state index contributed by atoms with van der Waals surface area (Å²) in [6.45, 7) is 0. The summed E-state index contributed by atoms with van der Waals surface area (Å²) in [6, 6.07) is 6.37. The van der Waals surface area contributed by atoms with Crippen molar-refractivity contribution in [3.8, 4) is 11.5 Å². The van der Waals surface area contributed by atoms with Gasteiger partial charge in [0.05, 0.1) is 22.9 Å². The number of carbonyl (C=O) groups excluding carboxylic acids is 2. The summed E-state index contributed by atoms with van der Waals surface area (Å²) in [6.07, 6.45) is 0. The molecule has 9 heteroatoms. The summed E-state index contributed by atoms with van der Waals surface area (Å²) in [7, 11) is 2.99.